The summed E-state index contributed by atoms with van der Waals surface area (Å²) in [4.78, 5) is 15.5. The van der Waals surface area contributed by atoms with E-state index in [1.807, 2.05) is 6.92 Å². The van der Waals surface area contributed by atoms with Gasteiger partial charge in [0.15, 0.2) is 5.82 Å². The van der Waals surface area contributed by atoms with Gasteiger partial charge in [-0.25, -0.2) is 0 Å². The van der Waals surface area contributed by atoms with E-state index in [1.54, 1.807) is 0 Å². The molecule has 1 heterocycles. The molecule has 0 aromatic carbocycles. The van der Waals surface area contributed by atoms with Crippen molar-refractivity contribution in [2.45, 2.75) is 19.9 Å². The highest BCUT2D eigenvalue weighted by molar-refractivity contribution is 7.80. The summed E-state index contributed by atoms with van der Waals surface area (Å²) < 4.78 is 4.52. The highest BCUT2D eigenvalue weighted by Crippen LogP contribution is 2.03. The molecule has 0 saturated heterocycles. The second-order valence-corrected chi connectivity index (χ2v) is 3.40. The van der Waals surface area contributed by atoms with Crippen LogP contribution in [0, 0.1) is 5.92 Å². The topological polar surface area (TPSA) is 94.0 Å². The summed E-state index contributed by atoms with van der Waals surface area (Å²) >= 11 is 4.77. The number of amides is 1. The number of carbonyl (C=O) groups excluding carboxylic acids is 1. The van der Waals surface area contributed by atoms with Crippen LogP contribution in [0.3, 0.4) is 0 Å². The third-order valence-electron chi connectivity index (χ3n) is 1.90. The molecular weight excluding hydrogens is 216 g/mol. The van der Waals surface area contributed by atoms with Gasteiger partial charge in [-0.1, -0.05) is 24.3 Å². The van der Waals surface area contributed by atoms with Gasteiger partial charge in [-0.3, -0.25) is 4.79 Å². The second-order valence-electron chi connectivity index (χ2n) is 2.93. The molecule has 3 N–H and O–H groups in total. The predicted molar refractivity (Wildman–Crippen MR) is 56.7 cm³/mol. The Morgan fingerprint density at radius 2 is 2.53 bits per heavy atom. The maximum absolute atomic E-state index is 11.5. The fourth-order valence-electron chi connectivity index (χ4n) is 1.08. The zero-order valence-electron chi connectivity index (χ0n) is 8.27. The Kier molecular flexibility index (Phi) is 4.17. The van der Waals surface area contributed by atoms with Crippen molar-refractivity contribution in [1.29, 1.82) is 0 Å². The number of carbonyl (C=O) groups is 1. The summed E-state index contributed by atoms with van der Waals surface area (Å²) in [5, 5.41) is 6.18. The van der Waals surface area contributed by atoms with Crippen molar-refractivity contribution in [3.8, 4) is 0 Å². The monoisotopic (exact) mass is 228 g/mol. The van der Waals surface area contributed by atoms with Gasteiger partial charge in [-0.2, -0.15) is 4.98 Å². The lowest BCUT2D eigenvalue weighted by atomic mass is 10.1. The first kappa shape index (κ1) is 11.6. The van der Waals surface area contributed by atoms with Gasteiger partial charge in [0.2, 0.25) is 12.3 Å². The molecule has 1 rings (SSSR count). The van der Waals surface area contributed by atoms with Crippen molar-refractivity contribution < 1.29 is 9.32 Å². The van der Waals surface area contributed by atoms with Gasteiger partial charge < -0.3 is 15.6 Å². The van der Waals surface area contributed by atoms with Crippen LogP contribution in [0.4, 0.5) is 0 Å². The van der Waals surface area contributed by atoms with Crippen LogP contribution in [-0.4, -0.2) is 21.0 Å². The van der Waals surface area contributed by atoms with Gasteiger partial charge in [0.25, 0.3) is 0 Å². The molecule has 0 bridgehead atoms. The van der Waals surface area contributed by atoms with Crippen LogP contribution < -0.4 is 11.1 Å². The summed E-state index contributed by atoms with van der Waals surface area (Å²) in [6, 6.07) is 0. The van der Waals surface area contributed by atoms with Crippen LogP contribution in [0.2, 0.25) is 0 Å². The van der Waals surface area contributed by atoms with Crippen LogP contribution in [-0.2, 0) is 11.3 Å². The lowest BCUT2D eigenvalue weighted by Gasteiger charge is -2.11. The lowest BCUT2D eigenvalue weighted by molar-refractivity contribution is -0.123. The first-order valence-corrected chi connectivity index (χ1v) is 4.88. The average Bonchev–Trinajstić information content (AvgIpc) is 2.67. The molecule has 0 aliphatic heterocycles. The third kappa shape index (κ3) is 3.28. The van der Waals surface area contributed by atoms with Crippen LogP contribution in [0.25, 0.3) is 0 Å². The zero-order chi connectivity index (χ0) is 11.3. The molecular formula is C8H12N4O2S. The standard InChI is InChI=1S/C8H12N4O2S/c1-2-5(7(9)15)8(13)10-3-6-11-4-14-12-6/h4-5H,2-3H2,1H3,(H2,9,15)(H,10,13). The van der Waals surface area contributed by atoms with Crippen LogP contribution in [0.15, 0.2) is 10.9 Å². The van der Waals surface area contributed by atoms with E-state index >= 15 is 0 Å². The SMILES string of the molecule is CCC(C(=O)NCc1ncon1)C(N)=S. The Morgan fingerprint density at radius 3 is 3.00 bits per heavy atom. The number of nitrogens with zero attached hydrogens (tertiary/aromatic N) is 2. The van der Waals surface area contributed by atoms with Crippen molar-refractivity contribution in [1.82, 2.24) is 15.5 Å². The molecule has 1 aromatic rings. The Hall–Kier alpha value is -1.50. The van der Waals surface area contributed by atoms with E-state index in [9.17, 15) is 4.79 Å². The molecule has 6 nitrogen and oxygen atoms in total. The predicted octanol–water partition coefficient (Wildman–Crippen LogP) is -0.00190. The van der Waals surface area contributed by atoms with Gasteiger partial charge in [0, 0.05) is 0 Å². The maximum atomic E-state index is 11.5. The number of aromatic nitrogens is 2. The molecule has 15 heavy (non-hydrogen) atoms. The van der Waals surface area contributed by atoms with Gasteiger partial charge in [-0.05, 0) is 6.42 Å². The van der Waals surface area contributed by atoms with E-state index in [4.69, 9.17) is 18.0 Å². The van der Waals surface area contributed by atoms with Gasteiger partial charge in [0.05, 0.1) is 17.5 Å². The molecule has 82 valence electrons. The summed E-state index contributed by atoms with van der Waals surface area (Å²) in [6.07, 6.45) is 1.78. The third-order valence-corrected chi connectivity index (χ3v) is 2.18. The summed E-state index contributed by atoms with van der Waals surface area (Å²) in [6.45, 7) is 2.06. The molecule has 0 spiro atoms. The van der Waals surface area contributed by atoms with Crippen LogP contribution in [0.1, 0.15) is 19.2 Å². The zero-order valence-corrected chi connectivity index (χ0v) is 9.08. The van der Waals surface area contributed by atoms with Crippen molar-refractivity contribution >= 4 is 23.1 Å². The van der Waals surface area contributed by atoms with Crippen molar-refractivity contribution in [2.75, 3.05) is 0 Å². The quantitative estimate of drug-likeness (QED) is 0.689. The second kappa shape index (κ2) is 5.40. The molecule has 1 amide bonds. The largest absolute Gasteiger partial charge is 0.393 e. The number of hydrogen-bond acceptors (Lipinski definition) is 5. The van der Waals surface area contributed by atoms with Crippen LogP contribution >= 0.6 is 12.2 Å². The Morgan fingerprint density at radius 1 is 1.80 bits per heavy atom. The molecule has 0 aliphatic rings. The smallest absolute Gasteiger partial charge is 0.230 e. The molecule has 1 unspecified atom stereocenters. The van der Waals surface area contributed by atoms with E-state index in [2.05, 4.69) is 20.0 Å². The molecule has 7 heteroatoms. The molecule has 0 radical (unpaired) electrons. The Labute approximate surface area is 92.2 Å². The van der Waals surface area contributed by atoms with Crippen molar-refractivity contribution in [2.24, 2.45) is 11.7 Å². The number of nitrogens with one attached hydrogen (secondary N) is 1. The number of hydrogen-bond donors (Lipinski definition) is 2. The van der Waals surface area contributed by atoms with E-state index in [0.29, 0.717) is 12.2 Å². The molecule has 1 atom stereocenters. The van der Waals surface area contributed by atoms with Gasteiger partial charge in [-0.15, -0.1) is 0 Å². The lowest BCUT2D eigenvalue weighted by Crippen LogP contribution is -2.37. The normalized spacial score (nSPS) is 12.1. The molecule has 1 aromatic heterocycles. The summed E-state index contributed by atoms with van der Waals surface area (Å²) in [7, 11) is 0. The van der Waals surface area contributed by atoms with Crippen molar-refractivity contribution in [3.63, 3.8) is 0 Å². The number of nitrogens with two attached hydrogens (primary N) is 1. The Bertz CT molecular complexity index is 338. The minimum Gasteiger partial charge on any atom is -0.393 e. The Balaban J connectivity index is 2.44. The summed E-state index contributed by atoms with van der Waals surface area (Å²) in [5.74, 6) is -0.233. The van der Waals surface area contributed by atoms with Gasteiger partial charge >= 0.3 is 0 Å². The maximum Gasteiger partial charge on any atom is 0.230 e. The van der Waals surface area contributed by atoms with E-state index in [0.717, 1.165) is 0 Å². The number of thiocarbonyl (C=S) groups is 1. The van der Waals surface area contributed by atoms with E-state index in [1.165, 1.54) is 6.39 Å². The molecule has 0 saturated carbocycles. The first-order valence-electron chi connectivity index (χ1n) is 4.47. The van der Waals surface area contributed by atoms with Crippen LogP contribution in [0.5, 0.6) is 0 Å². The fourth-order valence-corrected chi connectivity index (χ4v) is 1.35. The molecule has 0 aliphatic carbocycles. The van der Waals surface area contributed by atoms with E-state index in [-0.39, 0.29) is 17.4 Å². The molecule has 0 fully saturated rings. The number of rotatable bonds is 5. The first-order chi connectivity index (χ1) is 7.15. The highest BCUT2D eigenvalue weighted by atomic mass is 32.1. The van der Waals surface area contributed by atoms with Crippen molar-refractivity contribution in [3.05, 3.63) is 12.2 Å². The average molecular weight is 228 g/mol. The van der Waals surface area contributed by atoms with E-state index < -0.39 is 5.92 Å². The highest BCUT2D eigenvalue weighted by Gasteiger charge is 2.18. The minimum absolute atomic E-state index is 0.197. The summed E-state index contributed by atoms with van der Waals surface area (Å²) in [5.41, 5.74) is 5.42. The fraction of sp³-hybridized carbons (Fsp3) is 0.500. The minimum atomic E-state index is -0.438. The van der Waals surface area contributed by atoms with Gasteiger partial charge in [0.1, 0.15) is 0 Å².